The molecule has 0 unspecified atom stereocenters. The molecule has 0 bridgehead atoms. The fourth-order valence-electron chi connectivity index (χ4n) is 2.49. The van der Waals surface area contributed by atoms with Crippen LogP contribution in [0.2, 0.25) is 0 Å². The van der Waals surface area contributed by atoms with Gasteiger partial charge in [-0.25, -0.2) is 0 Å². The van der Waals surface area contributed by atoms with E-state index >= 15 is 0 Å². The van der Waals surface area contributed by atoms with Crippen molar-refractivity contribution in [2.45, 2.75) is 24.9 Å². The maximum absolute atomic E-state index is 9.35. The van der Waals surface area contributed by atoms with Gasteiger partial charge in [0, 0.05) is 17.5 Å². The molecule has 1 aliphatic carbocycles. The van der Waals surface area contributed by atoms with Crippen LogP contribution in [0, 0.1) is 0 Å². The van der Waals surface area contributed by atoms with Crippen molar-refractivity contribution in [2.24, 2.45) is 0 Å². The second kappa shape index (κ2) is 4.83. The summed E-state index contributed by atoms with van der Waals surface area (Å²) in [5.74, 6) is 0.905. The molecule has 100 valence electrons. The van der Waals surface area contributed by atoms with Crippen LogP contribution in [0.3, 0.4) is 0 Å². The molecule has 2 aromatic rings. The number of fused-ring (bicyclic) bond motifs is 1. The van der Waals surface area contributed by atoms with Gasteiger partial charge in [0.05, 0.1) is 13.7 Å². The molecule has 3 nitrogen and oxygen atoms in total. The van der Waals surface area contributed by atoms with Gasteiger partial charge in [0.25, 0.3) is 0 Å². The standard InChI is InChI=1S/C16H19NO2/c1-19-15-7-6-12(10-17-16(11-18)8-9-16)13-4-2-3-5-14(13)15/h2-7,17-18H,8-11H2,1H3. The number of nitrogens with one attached hydrogen (secondary N) is 1. The molecule has 0 atom stereocenters. The van der Waals surface area contributed by atoms with Crippen molar-refractivity contribution >= 4 is 10.8 Å². The van der Waals surface area contributed by atoms with Gasteiger partial charge in [0.15, 0.2) is 0 Å². The molecule has 0 saturated heterocycles. The summed E-state index contributed by atoms with van der Waals surface area (Å²) in [5.41, 5.74) is 1.22. The van der Waals surface area contributed by atoms with E-state index in [1.807, 2.05) is 18.2 Å². The Morgan fingerprint density at radius 1 is 1.16 bits per heavy atom. The van der Waals surface area contributed by atoms with Crippen molar-refractivity contribution < 1.29 is 9.84 Å². The van der Waals surface area contributed by atoms with Gasteiger partial charge in [-0.1, -0.05) is 30.3 Å². The number of aliphatic hydroxyl groups excluding tert-OH is 1. The van der Waals surface area contributed by atoms with Crippen molar-refractivity contribution in [3.05, 3.63) is 42.0 Å². The Morgan fingerprint density at radius 2 is 1.89 bits per heavy atom. The molecule has 2 N–H and O–H groups in total. The molecule has 0 radical (unpaired) electrons. The molecule has 1 saturated carbocycles. The maximum atomic E-state index is 9.35. The number of methoxy groups -OCH3 is 1. The van der Waals surface area contributed by atoms with Crippen LogP contribution >= 0.6 is 0 Å². The van der Waals surface area contributed by atoms with Gasteiger partial charge in [0.2, 0.25) is 0 Å². The van der Waals surface area contributed by atoms with Crippen LogP contribution in [-0.4, -0.2) is 24.4 Å². The third kappa shape index (κ3) is 2.31. The van der Waals surface area contributed by atoms with Crippen LogP contribution in [0.25, 0.3) is 10.8 Å². The lowest BCUT2D eigenvalue weighted by Crippen LogP contribution is -2.34. The Labute approximate surface area is 113 Å². The smallest absolute Gasteiger partial charge is 0.126 e. The molecular formula is C16H19NO2. The fraction of sp³-hybridized carbons (Fsp3) is 0.375. The minimum atomic E-state index is -0.0268. The summed E-state index contributed by atoms with van der Waals surface area (Å²) in [6.07, 6.45) is 2.13. The molecule has 1 fully saturated rings. The van der Waals surface area contributed by atoms with Crippen molar-refractivity contribution in [1.82, 2.24) is 5.32 Å². The Morgan fingerprint density at radius 3 is 2.53 bits per heavy atom. The molecule has 19 heavy (non-hydrogen) atoms. The summed E-state index contributed by atoms with van der Waals surface area (Å²) in [7, 11) is 1.70. The lowest BCUT2D eigenvalue weighted by Gasteiger charge is -2.16. The minimum Gasteiger partial charge on any atom is -0.496 e. The number of ether oxygens (including phenoxy) is 1. The second-order valence-corrected chi connectivity index (χ2v) is 5.26. The summed E-state index contributed by atoms with van der Waals surface area (Å²) < 4.78 is 5.40. The molecule has 0 aliphatic heterocycles. The Hall–Kier alpha value is -1.58. The summed E-state index contributed by atoms with van der Waals surface area (Å²) in [6, 6.07) is 12.4. The number of hydrogen-bond donors (Lipinski definition) is 2. The number of aliphatic hydroxyl groups is 1. The van der Waals surface area contributed by atoms with Crippen LogP contribution in [0.15, 0.2) is 36.4 Å². The van der Waals surface area contributed by atoms with E-state index in [1.165, 1.54) is 10.9 Å². The van der Waals surface area contributed by atoms with Gasteiger partial charge in [-0.15, -0.1) is 0 Å². The normalized spacial score (nSPS) is 16.5. The Bertz CT molecular complexity index is 590. The van der Waals surface area contributed by atoms with Gasteiger partial charge in [-0.2, -0.15) is 0 Å². The van der Waals surface area contributed by atoms with E-state index < -0.39 is 0 Å². The van der Waals surface area contributed by atoms with Crippen molar-refractivity contribution in [1.29, 1.82) is 0 Å². The zero-order valence-corrected chi connectivity index (χ0v) is 11.1. The zero-order chi connectivity index (χ0) is 13.3. The predicted molar refractivity (Wildman–Crippen MR) is 76.4 cm³/mol. The SMILES string of the molecule is COc1ccc(CNC2(CO)CC2)c2ccccc12. The maximum Gasteiger partial charge on any atom is 0.126 e. The molecule has 0 aromatic heterocycles. The van der Waals surface area contributed by atoms with Crippen LogP contribution in [0.5, 0.6) is 5.75 Å². The van der Waals surface area contributed by atoms with Crippen molar-refractivity contribution in [2.75, 3.05) is 13.7 Å². The highest BCUT2D eigenvalue weighted by atomic mass is 16.5. The molecular weight excluding hydrogens is 238 g/mol. The van der Waals surface area contributed by atoms with Crippen LogP contribution in [0.4, 0.5) is 0 Å². The lowest BCUT2D eigenvalue weighted by molar-refractivity contribution is 0.230. The zero-order valence-electron chi connectivity index (χ0n) is 11.1. The monoisotopic (exact) mass is 257 g/mol. The van der Waals surface area contributed by atoms with E-state index in [0.717, 1.165) is 30.5 Å². The molecule has 1 aliphatic rings. The molecule has 2 aromatic carbocycles. The van der Waals surface area contributed by atoms with Gasteiger partial charge in [0.1, 0.15) is 5.75 Å². The number of rotatable bonds is 5. The first kappa shape index (κ1) is 12.5. The largest absolute Gasteiger partial charge is 0.496 e. The fourth-order valence-corrected chi connectivity index (χ4v) is 2.49. The van der Waals surface area contributed by atoms with E-state index in [0.29, 0.717) is 0 Å². The molecule has 3 rings (SSSR count). The number of hydrogen-bond acceptors (Lipinski definition) is 3. The second-order valence-electron chi connectivity index (χ2n) is 5.26. The quantitative estimate of drug-likeness (QED) is 0.864. The topological polar surface area (TPSA) is 41.5 Å². The van der Waals surface area contributed by atoms with Gasteiger partial charge in [-0.3, -0.25) is 0 Å². The van der Waals surface area contributed by atoms with Crippen LogP contribution in [-0.2, 0) is 6.54 Å². The molecule has 0 heterocycles. The Balaban J connectivity index is 1.91. The first-order chi connectivity index (χ1) is 9.28. The first-order valence-corrected chi connectivity index (χ1v) is 6.68. The van der Waals surface area contributed by atoms with E-state index in [9.17, 15) is 5.11 Å². The van der Waals surface area contributed by atoms with Crippen LogP contribution < -0.4 is 10.1 Å². The highest BCUT2D eigenvalue weighted by molar-refractivity contribution is 5.91. The summed E-state index contributed by atoms with van der Waals surface area (Å²) in [5, 5.41) is 15.2. The van der Waals surface area contributed by atoms with Gasteiger partial charge in [-0.05, 0) is 29.9 Å². The van der Waals surface area contributed by atoms with Crippen LogP contribution in [0.1, 0.15) is 18.4 Å². The average molecular weight is 257 g/mol. The third-order valence-corrected chi connectivity index (χ3v) is 4.00. The van der Waals surface area contributed by atoms with E-state index in [2.05, 4.69) is 23.5 Å². The van der Waals surface area contributed by atoms with E-state index in [4.69, 9.17) is 4.74 Å². The summed E-state index contributed by atoms with van der Waals surface area (Å²) in [4.78, 5) is 0. The third-order valence-electron chi connectivity index (χ3n) is 4.00. The van der Waals surface area contributed by atoms with Crippen molar-refractivity contribution in [3.8, 4) is 5.75 Å². The highest BCUT2D eigenvalue weighted by Gasteiger charge is 2.41. The Kier molecular flexibility index (Phi) is 3.17. The van der Waals surface area contributed by atoms with E-state index in [1.54, 1.807) is 7.11 Å². The van der Waals surface area contributed by atoms with Crippen molar-refractivity contribution in [3.63, 3.8) is 0 Å². The van der Waals surface area contributed by atoms with Gasteiger partial charge >= 0.3 is 0 Å². The molecule has 0 spiro atoms. The molecule has 0 amide bonds. The average Bonchev–Trinajstić information content (AvgIpc) is 3.25. The van der Waals surface area contributed by atoms with E-state index in [-0.39, 0.29) is 12.1 Å². The first-order valence-electron chi connectivity index (χ1n) is 6.68. The predicted octanol–water partition coefficient (Wildman–Crippen LogP) is 2.46. The summed E-state index contributed by atoms with van der Waals surface area (Å²) >= 11 is 0. The lowest BCUT2D eigenvalue weighted by atomic mass is 10.0. The highest BCUT2D eigenvalue weighted by Crippen LogP contribution is 2.35. The number of benzene rings is 2. The summed E-state index contributed by atoms with van der Waals surface area (Å²) in [6.45, 7) is 1.01. The minimum absolute atomic E-state index is 0.0268. The van der Waals surface area contributed by atoms with Gasteiger partial charge < -0.3 is 15.2 Å². The molecule has 3 heteroatoms.